The molecular formula is C18H20N2S. The maximum atomic E-state index is 6.29. The second kappa shape index (κ2) is 6.37. The predicted octanol–water partition coefficient (Wildman–Crippen LogP) is 4.52. The van der Waals surface area contributed by atoms with Crippen LogP contribution in [-0.2, 0) is 6.42 Å². The van der Waals surface area contributed by atoms with Crippen LogP contribution in [0.5, 0.6) is 0 Å². The minimum Gasteiger partial charge on any atom is -0.350 e. The molecule has 0 saturated carbocycles. The van der Waals surface area contributed by atoms with Gasteiger partial charge in [-0.1, -0.05) is 49.4 Å². The van der Waals surface area contributed by atoms with Crippen LogP contribution in [-0.4, -0.2) is 10.7 Å². The third-order valence-corrected chi connectivity index (χ3v) is 4.80. The van der Waals surface area contributed by atoms with E-state index in [1.807, 2.05) is 6.07 Å². The lowest BCUT2D eigenvalue weighted by Crippen LogP contribution is -2.12. The van der Waals surface area contributed by atoms with E-state index in [0.29, 0.717) is 0 Å². The molecule has 0 aliphatic carbocycles. The SMILES string of the molecule is CCc1ccc(C(N)CSc2cc3ccccc3[nH]2)cc1. The lowest BCUT2D eigenvalue weighted by Gasteiger charge is -2.11. The molecule has 3 aromatic rings. The summed E-state index contributed by atoms with van der Waals surface area (Å²) in [6, 6.07) is 19.2. The highest BCUT2D eigenvalue weighted by Crippen LogP contribution is 2.26. The molecule has 1 atom stereocenters. The lowest BCUT2D eigenvalue weighted by atomic mass is 10.1. The molecule has 108 valence electrons. The fourth-order valence-corrected chi connectivity index (χ4v) is 3.34. The van der Waals surface area contributed by atoms with Gasteiger partial charge in [-0.3, -0.25) is 0 Å². The molecule has 0 spiro atoms. The number of para-hydroxylation sites is 1. The van der Waals surface area contributed by atoms with E-state index in [2.05, 4.69) is 60.4 Å². The topological polar surface area (TPSA) is 41.8 Å². The first-order chi connectivity index (χ1) is 10.3. The van der Waals surface area contributed by atoms with Crippen molar-refractivity contribution in [2.45, 2.75) is 24.4 Å². The summed E-state index contributed by atoms with van der Waals surface area (Å²) in [5.74, 6) is 0.873. The molecule has 0 fully saturated rings. The lowest BCUT2D eigenvalue weighted by molar-refractivity contribution is 0.829. The minimum absolute atomic E-state index is 0.0623. The van der Waals surface area contributed by atoms with E-state index in [-0.39, 0.29) is 6.04 Å². The number of nitrogens with two attached hydrogens (primary N) is 1. The van der Waals surface area contributed by atoms with Crippen LogP contribution < -0.4 is 5.73 Å². The normalized spacial score (nSPS) is 12.7. The quantitative estimate of drug-likeness (QED) is 0.680. The number of rotatable bonds is 5. The zero-order valence-corrected chi connectivity index (χ0v) is 13.0. The second-order valence-corrected chi connectivity index (χ2v) is 6.30. The molecule has 0 radical (unpaired) electrons. The molecule has 3 N–H and O–H groups in total. The van der Waals surface area contributed by atoms with Crippen LogP contribution in [0.15, 0.2) is 59.6 Å². The fraction of sp³-hybridized carbons (Fsp3) is 0.222. The van der Waals surface area contributed by atoms with E-state index in [1.165, 1.54) is 27.1 Å². The van der Waals surface area contributed by atoms with Gasteiger partial charge in [-0.25, -0.2) is 0 Å². The maximum absolute atomic E-state index is 6.29. The highest BCUT2D eigenvalue weighted by molar-refractivity contribution is 7.99. The molecule has 2 aromatic carbocycles. The molecule has 1 unspecified atom stereocenters. The molecule has 0 aliphatic rings. The van der Waals surface area contributed by atoms with Crippen molar-refractivity contribution in [2.24, 2.45) is 5.73 Å². The zero-order chi connectivity index (χ0) is 14.7. The molecule has 0 amide bonds. The van der Waals surface area contributed by atoms with E-state index < -0.39 is 0 Å². The number of thioether (sulfide) groups is 1. The minimum atomic E-state index is 0.0623. The van der Waals surface area contributed by atoms with Gasteiger partial charge in [0.05, 0.1) is 5.03 Å². The standard InChI is InChI=1S/C18H20N2S/c1-2-13-7-9-14(10-8-13)16(19)12-21-18-11-15-5-3-4-6-17(15)20-18/h3-11,16,20H,2,12,19H2,1H3. The van der Waals surface area contributed by atoms with E-state index in [1.54, 1.807) is 11.8 Å². The van der Waals surface area contributed by atoms with Crippen molar-refractivity contribution in [3.63, 3.8) is 0 Å². The molecular weight excluding hydrogens is 276 g/mol. The third kappa shape index (κ3) is 3.31. The molecule has 3 heteroatoms. The Balaban J connectivity index is 1.65. The highest BCUT2D eigenvalue weighted by atomic mass is 32.2. The van der Waals surface area contributed by atoms with E-state index >= 15 is 0 Å². The molecule has 1 aromatic heterocycles. The Bertz CT molecular complexity index is 682. The van der Waals surface area contributed by atoms with Crippen molar-refractivity contribution in [1.29, 1.82) is 0 Å². The summed E-state index contributed by atoms with van der Waals surface area (Å²) in [6.07, 6.45) is 1.07. The Labute approximate surface area is 129 Å². The number of hydrogen-bond donors (Lipinski definition) is 2. The number of hydrogen-bond acceptors (Lipinski definition) is 2. The number of H-pyrrole nitrogens is 1. The van der Waals surface area contributed by atoms with Crippen LogP contribution >= 0.6 is 11.8 Å². The molecule has 2 nitrogen and oxygen atoms in total. The molecule has 0 aliphatic heterocycles. The second-order valence-electron chi connectivity index (χ2n) is 5.23. The van der Waals surface area contributed by atoms with Crippen molar-refractivity contribution in [2.75, 3.05) is 5.75 Å². The third-order valence-electron chi connectivity index (χ3n) is 3.74. The summed E-state index contributed by atoms with van der Waals surface area (Å²) in [5.41, 5.74) is 10.0. The summed E-state index contributed by atoms with van der Waals surface area (Å²) in [7, 11) is 0. The van der Waals surface area contributed by atoms with Gasteiger partial charge >= 0.3 is 0 Å². The van der Waals surface area contributed by atoms with Gasteiger partial charge in [0.2, 0.25) is 0 Å². The van der Waals surface area contributed by atoms with Gasteiger partial charge in [-0.2, -0.15) is 0 Å². The van der Waals surface area contributed by atoms with Crippen LogP contribution in [0.4, 0.5) is 0 Å². The van der Waals surface area contributed by atoms with Crippen molar-refractivity contribution < 1.29 is 0 Å². The van der Waals surface area contributed by atoms with Crippen LogP contribution in [0, 0.1) is 0 Å². The Morgan fingerprint density at radius 1 is 1.10 bits per heavy atom. The van der Waals surface area contributed by atoms with Gasteiger partial charge in [-0.15, -0.1) is 11.8 Å². The van der Waals surface area contributed by atoms with Gasteiger partial charge in [0, 0.05) is 22.7 Å². The van der Waals surface area contributed by atoms with Crippen LogP contribution in [0.1, 0.15) is 24.1 Å². The van der Waals surface area contributed by atoms with E-state index in [9.17, 15) is 0 Å². The average molecular weight is 296 g/mol. The molecule has 3 rings (SSSR count). The Hall–Kier alpha value is -1.71. The van der Waals surface area contributed by atoms with Gasteiger partial charge in [0.1, 0.15) is 0 Å². The number of benzene rings is 2. The molecule has 0 bridgehead atoms. The van der Waals surface area contributed by atoms with Gasteiger partial charge in [0.15, 0.2) is 0 Å². The van der Waals surface area contributed by atoms with Gasteiger partial charge < -0.3 is 10.7 Å². The van der Waals surface area contributed by atoms with Crippen LogP contribution in [0.3, 0.4) is 0 Å². The number of aromatic nitrogens is 1. The summed E-state index contributed by atoms with van der Waals surface area (Å²) >= 11 is 1.78. The van der Waals surface area contributed by atoms with Crippen molar-refractivity contribution >= 4 is 22.7 Å². The Morgan fingerprint density at radius 3 is 2.57 bits per heavy atom. The number of fused-ring (bicyclic) bond motifs is 1. The first kappa shape index (κ1) is 14.2. The Kier molecular flexibility index (Phi) is 4.32. The number of nitrogens with one attached hydrogen (secondary N) is 1. The summed E-state index contributed by atoms with van der Waals surface area (Å²) in [5, 5.41) is 2.43. The predicted molar refractivity (Wildman–Crippen MR) is 91.8 cm³/mol. The highest BCUT2D eigenvalue weighted by Gasteiger charge is 2.08. The van der Waals surface area contributed by atoms with Gasteiger partial charge in [0.25, 0.3) is 0 Å². The smallest absolute Gasteiger partial charge is 0.0733 e. The molecule has 21 heavy (non-hydrogen) atoms. The van der Waals surface area contributed by atoms with E-state index in [0.717, 1.165) is 12.2 Å². The average Bonchev–Trinajstić information content (AvgIpc) is 2.95. The Morgan fingerprint density at radius 2 is 1.86 bits per heavy atom. The first-order valence-electron chi connectivity index (χ1n) is 7.31. The van der Waals surface area contributed by atoms with Gasteiger partial charge in [-0.05, 0) is 29.7 Å². The summed E-state index contributed by atoms with van der Waals surface area (Å²) in [6.45, 7) is 2.17. The van der Waals surface area contributed by atoms with Crippen molar-refractivity contribution in [3.8, 4) is 0 Å². The van der Waals surface area contributed by atoms with Crippen molar-refractivity contribution in [3.05, 3.63) is 65.7 Å². The maximum Gasteiger partial charge on any atom is 0.0733 e. The van der Waals surface area contributed by atoms with Crippen LogP contribution in [0.25, 0.3) is 10.9 Å². The molecule has 1 heterocycles. The van der Waals surface area contributed by atoms with E-state index in [4.69, 9.17) is 5.73 Å². The van der Waals surface area contributed by atoms with Crippen molar-refractivity contribution in [1.82, 2.24) is 4.98 Å². The largest absolute Gasteiger partial charge is 0.350 e. The summed E-state index contributed by atoms with van der Waals surface area (Å²) in [4.78, 5) is 3.43. The monoisotopic (exact) mass is 296 g/mol. The first-order valence-corrected chi connectivity index (χ1v) is 8.30. The number of aryl methyl sites for hydroxylation is 1. The fourth-order valence-electron chi connectivity index (χ4n) is 2.40. The molecule has 0 saturated heterocycles. The zero-order valence-electron chi connectivity index (χ0n) is 12.2. The van der Waals surface area contributed by atoms with Crippen LogP contribution in [0.2, 0.25) is 0 Å². The number of aromatic amines is 1. The summed E-state index contributed by atoms with van der Waals surface area (Å²) < 4.78 is 0.